The van der Waals surface area contributed by atoms with E-state index >= 15 is 0 Å². The number of aliphatic imine (C=N–C) groups is 1. The lowest BCUT2D eigenvalue weighted by atomic mass is 10.4. The monoisotopic (exact) mass is 522 g/mol. The van der Waals surface area contributed by atoms with Crippen LogP contribution in [-0.4, -0.2) is 38.9 Å². The Labute approximate surface area is 170 Å². The Morgan fingerprint density at radius 3 is 2.88 bits per heavy atom. The van der Waals surface area contributed by atoms with Crippen LogP contribution in [0.25, 0.3) is 4.96 Å². The molecule has 0 fully saturated rings. The molecule has 1 N–H and O–H groups in total. The predicted octanol–water partition coefficient (Wildman–Crippen LogP) is 3.32. The van der Waals surface area contributed by atoms with Gasteiger partial charge < -0.3 is 14.8 Å². The Balaban J connectivity index is 0.00000208. The molecule has 130 valence electrons. The summed E-state index contributed by atoms with van der Waals surface area (Å²) < 4.78 is 5.23. The number of aryl methyl sites for hydroxylation is 1. The summed E-state index contributed by atoms with van der Waals surface area (Å²) in [5.41, 5.74) is 2.22. The van der Waals surface area contributed by atoms with Crippen molar-refractivity contribution < 1.29 is 0 Å². The molecule has 24 heavy (non-hydrogen) atoms. The van der Waals surface area contributed by atoms with Crippen molar-refractivity contribution in [1.29, 1.82) is 0 Å². The number of nitrogens with one attached hydrogen (secondary N) is 1. The largest absolute Gasteiger partial charge is 0.352 e. The van der Waals surface area contributed by atoms with Crippen LogP contribution in [0.2, 0.25) is 0 Å². The zero-order chi connectivity index (χ0) is 16.4. The number of nitrogens with zero attached hydrogens (tertiary/aromatic N) is 5. The zero-order valence-corrected chi connectivity index (χ0v) is 18.5. The van der Waals surface area contributed by atoms with Gasteiger partial charge in [0.2, 0.25) is 0 Å². The average Bonchev–Trinajstić information content (AvgIpc) is 3.15. The third kappa shape index (κ3) is 4.31. The minimum Gasteiger partial charge on any atom is -0.352 e. The fourth-order valence-corrected chi connectivity index (χ4v) is 3.75. The second kappa shape index (κ2) is 8.34. The van der Waals surface area contributed by atoms with Gasteiger partial charge in [-0.15, -0.1) is 35.3 Å². The van der Waals surface area contributed by atoms with E-state index in [0.29, 0.717) is 6.54 Å². The van der Waals surface area contributed by atoms with E-state index in [2.05, 4.69) is 53.0 Å². The first kappa shape index (κ1) is 19.3. The molecule has 0 amide bonds. The molecule has 0 aliphatic carbocycles. The highest BCUT2D eigenvalue weighted by Crippen LogP contribution is 2.15. The Morgan fingerprint density at radius 2 is 2.25 bits per heavy atom. The van der Waals surface area contributed by atoms with Crippen molar-refractivity contribution in [3.63, 3.8) is 0 Å². The fraction of sp³-hybridized carbons (Fsp3) is 0.333. The molecule has 0 aliphatic heterocycles. The molecule has 3 aromatic rings. The van der Waals surface area contributed by atoms with Crippen LogP contribution in [-0.2, 0) is 20.1 Å². The van der Waals surface area contributed by atoms with Crippen molar-refractivity contribution in [2.45, 2.75) is 13.1 Å². The molecule has 3 aromatic heterocycles. The molecular weight excluding hydrogens is 503 g/mol. The highest BCUT2D eigenvalue weighted by atomic mass is 127. The van der Waals surface area contributed by atoms with Crippen molar-refractivity contribution in [2.24, 2.45) is 12.0 Å². The molecule has 0 aromatic carbocycles. The SMILES string of the molecule is CN=C(NCc1cn2ccsc2n1)N(C)Cc1cc(Br)cn1C.I. The summed E-state index contributed by atoms with van der Waals surface area (Å²) in [6, 6.07) is 2.12. The van der Waals surface area contributed by atoms with E-state index in [4.69, 9.17) is 0 Å². The molecule has 9 heteroatoms. The molecule has 3 heterocycles. The first-order valence-electron chi connectivity index (χ1n) is 7.20. The van der Waals surface area contributed by atoms with Crippen molar-refractivity contribution in [1.82, 2.24) is 24.2 Å². The van der Waals surface area contributed by atoms with Gasteiger partial charge in [-0.1, -0.05) is 0 Å². The van der Waals surface area contributed by atoms with Gasteiger partial charge in [-0.2, -0.15) is 0 Å². The predicted molar refractivity (Wildman–Crippen MR) is 113 cm³/mol. The van der Waals surface area contributed by atoms with Gasteiger partial charge in [-0.05, 0) is 22.0 Å². The van der Waals surface area contributed by atoms with E-state index in [1.807, 2.05) is 36.3 Å². The maximum atomic E-state index is 4.57. The maximum Gasteiger partial charge on any atom is 0.194 e. The number of fused-ring (bicyclic) bond motifs is 1. The molecule has 0 saturated carbocycles. The van der Waals surface area contributed by atoms with Gasteiger partial charge in [0.25, 0.3) is 0 Å². The molecule has 0 spiro atoms. The minimum atomic E-state index is 0. The summed E-state index contributed by atoms with van der Waals surface area (Å²) in [5, 5.41) is 5.40. The normalized spacial score (nSPS) is 11.6. The number of hydrogen-bond acceptors (Lipinski definition) is 3. The Hall–Kier alpha value is -1.07. The van der Waals surface area contributed by atoms with Crippen molar-refractivity contribution in [2.75, 3.05) is 14.1 Å². The van der Waals surface area contributed by atoms with E-state index in [1.165, 1.54) is 5.69 Å². The van der Waals surface area contributed by atoms with Crippen LogP contribution in [0, 0.1) is 0 Å². The number of guanidine groups is 1. The van der Waals surface area contributed by atoms with Gasteiger partial charge in [0, 0.05) is 55.3 Å². The van der Waals surface area contributed by atoms with E-state index in [9.17, 15) is 0 Å². The quantitative estimate of drug-likeness (QED) is 0.325. The molecule has 0 aliphatic rings. The molecular formula is C15H20BrIN6S. The van der Waals surface area contributed by atoms with E-state index in [1.54, 1.807) is 18.4 Å². The maximum absolute atomic E-state index is 4.57. The lowest BCUT2D eigenvalue weighted by molar-refractivity contribution is 0.461. The molecule has 3 rings (SSSR count). The number of rotatable bonds is 4. The summed E-state index contributed by atoms with van der Waals surface area (Å²) in [4.78, 5) is 12.0. The summed E-state index contributed by atoms with van der Waals surface area (Å²) in [6.07, 6.45) is 6.11. The van der Waals surface area contributed by atoms with Crippen molar-refractivity contribution in [3.8, 4) is 0 Å². The van der Waals surface area contributed by atoms with Gasteiger partial charge in [-0.25, -0.2) is 4.98 Å². The third-order valence-electron chi connectivity index (χ3n) is 3.62. The first-order valence-corrected chi connectivity index (χ1v) is 8.87. The van der Waals surface area contributed by atoms with Crippen LogP contribution < -0.4 is 5.32 Å². The van der Waals surface area contributed by atoms with Crippen molar-refractivity contribution >= 4 is 62.2 Å². The average molecular weight is 523 g/mol. The molecule has 0 bridgehead atoms. The Kier molecular flexibility index (Phi) is 6.70. The highest BCUT2D eigenvalue weighted by molar-refractivity contribution is 14.0. The van der Waals surface area contributed by atoms with Crippen LogP contribution in [0.5, 0.6) is 0 Å². The smallest absolute Gasteiger partial charge is 0.194 e. The topological polar surface area (TPSA) is 49.9 Å². The summed E-state index contributed by atoms with van der Waals surface area (Å²) in [5.74, 6) is 0.846. The van der Waals surface area contributed by atoms with Gasteiger partial charge in [0.05, 0.1) is 18.8 Å². The molecule has 6 nitrogen and oxygen atoms in total. The second-order valence-corrected chi connectivity index (χ2v) is 7.13. The Morgan fingerprint density at radius 1 is 1.46 bits per heavy atom. The van der Waals surface area contributed by atoms with Crippen LogP contribution in [0.3, 0.4) is 0 Å². The molecule has 0 radical (unpaired) electrons. The zero-order valence-electron chi connectivity index (χ0n) is 13.7. The lowest BCUT2D eigenvalue weighted by Crippen LogP contribution is -2.38. The van der Waals surface area contributed by atoms with E-state index in [-0.39, 0.29) is 24.0 Å². The number of hydrogen-bond donors (Lipinski definition) is 1. The number of imidazole rings is 1. The van der Waals surface area contributed by atoms with Crippen molar-refractivity contribution in [3.05, 3.63) is 45.9 Å². The fourth-order valence-electron chi connectivity index (χ4n) is 2.46. The van der Waals surface area contributed by atoms with E-state index < -0.39 is 0 Å². The summed E-state index contributed by atoms with van der Waals surface area (Å²) in [6.45, 7) is 1.43. The molecule has 0 atom stereocenters. The molecule has 0 unspecified atom stereocenters. The third-order valence-corrected chi connectivity index (χ3v) is 4.82. The van der Waals surface area contributed by atoms with Gasteiger partial charge in [-0.3, -0.25) is 9.39 Å². The lowest BCUT2D eigenvalue weighted by Gasteiger charge is -2.22. The van der Waals surface area contributed by atoms with Gasteiger partial charge >= 0.3 is 0 Å². The standard InChI is InChI=1S/C15H19BrN6S.HI/c1-17-14(21(3)10-13-6-11(16)8-20(13)2)18-7-12-9-22-4-5-23-15(22)19-12;/h4-6,8-9H,7,10H2,1-3H3,(H,17,18);1H. The number of thiazole rings is 1. The summed E-state index contributed by atoms with van der Waals surface area (Å²) in [7, 11) is 5.87. The highest BCUT2D eigenvalue weighted by Gasteiger charge is 2.10. The number of halogens is 2. The van der Waals surface area contributed by atoms with Crippen LogP contribution in [0.15, 0.2) is 39.5 Å². The van der Waals surface area contributed by atoms with E-state index in [0.717, 1.165) is 27.6 Å². The first-order chi connectivity index (χ1) is 11.1. The Bertz CT molecular complexity index is 808. The second-order valence-electron chi connectivity index (χ2n) is 5.34. The molecule has 0 saturated heterocycles. The van der Waals surface area contributed by atoms with Crippen LogP contribution in [0.1, 0.15) is 11.4 Å². The minimum absolute atomic E-state index is 0. The summed E-state index contributed by atoms with van der Waals surface area (Å²) >= 11 is 5.14. The van der Waals surface area contributed by atoms with Gasteiger partial charge in [0.15, 0.2) is 10.9 Å². The van der Waals surface area contributed by atoms with Gasteiger partial charge in [0.1, 0.15) is 0 Å². The number of aromatic nitrogens is 3. The van der Waals surface area contributed by atoms with Crippen LogP contribution in [0.4, 0.5) is 0 Å². The van der Waals surface area contributed by atoms with Crippen LogP contribution >= 0.6 is 51.2 Å².